The van der Waals surface area contributed by atoms with Crippen LogP contribution in [0.25, 0.3) is 0 Å². The largest absolute Gasteiger partial charge is 0.478 e. The van der Waals surface area contributed by atoms with Gasteiger partial charge in [-0.15, -0.1) is 0 Å². The van der Waals surface area contributed by atoms with E-state index in [0.29, 0.717) is 13.0 Å². The van der Waals surface area contributed by atoms with Crippen LogP contribution in [0.3, 0.4) is 0 Å². The van der Waals surface area contributed by atoms with Gasteiger partial charge in [-0.05, 0) is 35.7 Å². The van der Waals surface area contributed by atoms with Gasteiger partial charge in [0.05, 0.1) is 24.3 Å². The van der Waals surface area contributed by atoms with E-state index in [-0.39, 0.29) is 11.1 Å². The second kappa shape index (κ2) is 9.43. The highest BCUT2D eigenvalue weighted by Crippen LogP contribution is 2.12. The molecule has 1 amide bonds. The van der Waals surface area contributed by atoms with E-state index in [1.54, 1.807) is 0 Å². The highest BCUT2D eigenvalue weighted by Gasteiger charge is 2.14. The summed E-state index contributed by atoms with van der Waals surface area (Å²) in [5.74, 6) is -2.63. The molecule has 0 saturated carbocycles. The van der Waals surface area contributed by atoms with Crippen molar-refractivity contribution in [1.29, 1.82) is 0 Å². The number of halogens is 1. The number of benzene rings is 2. The van der Waals surface area contributed by atoms with Crippen LogP contribution in [0.1, 0.15) is 31.8 Å². The Hall–Kier alpha value is -2.77. The second-order valence-electron chi connectivity index (χ2n) is 6.71. The number of ether oxygens (including phenoxy) is 1. The van der Waals surface area contributed by atoms with Crippen molar-refractivity contribution in [2.45, 2.75) is 13.0 Å². The maximum absolute atomic E-state index is 13.9. The van der Waals surface area contributed by atoms with Crippen molar-refractivity contribution < 1.29 is 23.8 Å². The first kappa shape index (κ1) is 20.0. The molecule has 148 valence electrons. The molecule has 2 aromatic rings. The summed E-state index contributed by atoms with van der Waals surface area (Å²) in [7, 11) is 0. The summed E-state index contributed by atoms with van der Waals surface area (Å²) < 4.78 is 19.3. The lowest BCUT2D eigenvalue weighted by molar-refractivity contribution is 0.0342. The lowest BCUT2D eigenvalue weighted by Gasteiger charge is -2.26. The summed E-state index contributed by atoms with van der Waals surface area (Å²) >= 11 is 0. The van der Waals surface area contributed by atoms with Gasteiger partial charge in [-0.25, -0.2) is 9.18 Å². The Balaban J connectivity index is 1.48. The molecule has 1 fully saturated rings. The monoisotopic (exact) mass is 386 g/mol. The van der Waals surface area contributed by atoms with Crippen LogP contribution in [0.4, 0.5) is 4.39 Å². The third-order valence-corrected chi connectivity index (χ3v) is 4.69. The van der Waals surface area contributed by atoms with E-state index in [2.05, 4.69) is 22.3 Å². The molecule has 2 aromatic carbocycles. The maximum Gasteiger partial charge on any atom is 0.335 e. The first-order chi connectivity index (χ1) is 13.5. The van der Waals surface area contributed by atoms with Crippen molar-refractivity contribution >= 4 is 11.9 Å². The molecule has 0 unspecified atom stereocenters. The highest BCUT2D eigenvalue weighted by molar-refractivity contribution is 5.96. The average Bonchev–Trinajstić information content (AvgIpc) is 2.70. The number of carboxylic acid groups (broad SMARTS) is 1. The average molecular weight is 386 g/mol. The number of carbonyl (C=O) groups is 2. The molecule has 7 heteroatoms. The van der Waals surface area contributed by atoms with Gasteiger partial charge in [-0.3, -0.25) is 9.69 Å². The Bertz CT molecular complexity index is 833. The number of nitrogens with one attached hydrogen (secondary N) is 1. The number of aromatic carboxylic acids is 1. The molecule has 0 bridgehead atoms. The van der Waals surface area contributed by atoms with Crippen molar-refractivity contribution in [3.05, 3.63) is 70.5 Å². The van der Waals surface area contributed by atoms with Gasteiger partial charge in [0.15, 0.2) is 0 Å². The molecule has 2 N–H and O–H groups in total. The van der Waals surface area contributed by atoms with Gasteiger partial charge < -0.3 is 15.2 Å². The molecule has 1 saturated heterocycles. The predicted octanol–water partition coefficient (Wildman–Crippen LogP) is 2.33. The Kier molecular flexibility index (Phi) is 6.73. The summed E-state index contributed by atoms with van der Waals surface area (Å²) in [6.07, 6.45) is 0.623. The number of rotatable bonds is 7. The lowest BCUT2D eigenvalue weighted by Crippen LogP contribution is -2.35. The third-order valence-electron chi connectivity index (χ3n) is 4.69. The lowest BCUT2D eigenvalue weighted by atomic mass is 10.1. The summed E-state index contributed by atoms with van der Waals surface area (Å²) in [5, 5.41) is 11.5. The van der Waals surface area contributed by atoms with Crippen molar-refractivity contribution in [1.82, 2.24) is 10.2 Å². The topological polar surface area (TPSA) is 78.9 Å². The zero-order chi connectivity index (χ0) is 19.9. The van der Waals surface area contributed by atoms with Crippen LogP contribution < -0.4 is 5.32 Å². The molecule has 0 aliphatic carbocycles. The van der Waals surface area contributed by atoms with E-state index in [9.17, 15) is 14.0 Å². The van der Waals surface area contributed by atoms with Crippen LogP contribution >= 0.6 is 0 Å². The smallest absolute Gasteiger partial charge is 0.335 e. The number of hydrogen-bond donors (Lipinski definition) is 2. The molecule has 3 rings (SSSR count). The molecule has 1 aliphatic heterocycles. The van der Waals surface area contributed by atoms with Gasteiger partial charge >= 0.3 is 5.97 Å². The summed E-state index contributed by atoms with van der Waals surface area (Å²) in [6, 6.07) is 11.5. The minimum atomic E-state index is -1.23. The molecule has 0 aromatic heterocycles. The van der Waals surface area contributed by atoms with Crippen LogP contribution in [-0.2, 0) is 17.7 Å². The van der Waals surface area contributed by atoms with Crippen molar-refractivity contribution in [3.63, 3.8) is 0 Å². The quantitative estimate of drug-likeness (QED) is 0.764. The van der Waals surface area contributed by atoms with Crippen LogP contribution in [0.15, 0.2) is 42.5 Å². The first-order valence-corrected chi connectivity index (χ1v) is 9.22. The summed E-state index contributed by atoms with van der Waals surface area (Å²) in [6.45, 7) is 4.69. The van der Waals surface area contributed by atoms with Gasteiger partial charge in [0.25, 0.3) is 5.91 Å². The molecular weight excluding hydrogens is 363 g/mol. The van der Waals surface area contributed by atoms with Gasteiger partial charge in [0.1, 0.15) is 5.82 Å². The van der Waals surface area contributed by atoms with E-state index in [1.807, 2.05) is 12.1 Å². The zero-order valence-corrected chi connectivity index (χ0v) is 15.5. The number of nitrogens with zero attached hydrogens (tertiary/aromatic N) is 1. The number of amides is 1. The van der Waals surface area contributed by atoms with Crippen molar-refractivity contribution in [2.24, 2.45) is 0 Å². The van der Waals surface area contributed by atoms with E-state index in [1.165, 1.54) is 17.7 Å². The molecule has 1 aliphatic rings. The van der Waals surface area contributed by atoms with E-state index in [4.69, 9.17) is 9.84 Å². The van der Waals surface area contributed by atoms with Crippen LogP contribution in [0, 0.1) is 5.82 Å². The summed E-state index contributed by atoms with van der Waals surface area (Å²) in [4.78, 5) is 25.3. The van der Waals surface area contributed by atoms with Crippen LogP contribution in [0.2, 0.25) is 0 Å². The standard InChI is InChI=1S/C21H23FN2O4/c22-19-13-17(21(26)27)5-6-18(19)20(25)23-8-7-15-1-3-16(4-2-15)14-24-9-11-28-12-10-24/h1-6,13H,7-12,14H2,(H,23,25)(H,26,27). The third kappa shape index (κ3) is 5.37. The fourth-order valence-electron chi connectivity index (χ4n) is 3.08. The van der Waals surface area contributed by atoms with Gasteiger partial charge in [-0.1, -0.05) is 24.3 Å². The Morgan fingerprint density at radius 1 is 1.07 bits per heavy atom. The van der Waals surface area contributed by atoms with Gasteiger partial charge in [-0.2, -0.15) is 0 Å². The predicted molar refractivity (Wildman–Crippen MR) is 102 cm³/mol. The number of hydrogen-bond acceptors (Lipinski definition) is 4. The Morgan fingerprint density at radius 2 is 1.75 bits per heavy atom. The first-order valence-electron chi connectivity index (χ1n) is 9.22. The highest BCUT2D eigenvalue weighted by atomic mass is 19.1. The van der Waals surface area contributed by atoms with Gasteiger partial charge in [0, 0.05) is 26.2 Å². The number of carboxylic acids is 1. The van der Waals surface area contributed by atoms with Crippen molar-refractivity contribution in [3.8, 4) is 0 Å². The molecule has 6 nitrogen and oxygen atoms in total. The molecular formula is C21H23FN2O4. The van der Waals surface area contributed by atoms with Gasteiger partial charge in [0.2, 0.25) is 0 Å². The van der Waals surface area contributed by atoms with Crippen molar-refractivity contribution in [2.75, 3.05) is 32.8 Å². The van der Waals surface area contributed by atoms with Crippen LogP contribution in [-0.4, -0.2) is 54.7 Å². The minimum absolute atomic E-state index is 0.161. The molecule has 0 spiro atoms. The minimum Gasteiger partial charge on any atom is -0.478 e. The Morgan fingerprint density at radius 3 is 2.39 bits per heavy atom. The summed E-state index contributed by atoms with van der Waals surface area (Å²) in [5.41, 5.74) is 1.96. The van der Waals surface area contributed by atoms with E-state index in [0.717, 1.165) is 44.5 Å². The molecule has 28 heavy (non-hydrogen) atoms. The number of morpholine rings is 1. The van der Waals surface area contributed by atoms with E-state index < -0.39 is 17.7 Å². The zero-order valence-electron chi connectivity index (χ0n) is 15.5. The van der Waals surface area contributed by atoms with E-state index >= 15 is 0 Å². The maximum atomic E-state index is 13.9. The second-order valence-corrected chi connectivity index (χ2v) is 6.71. The Labute approximate surface area is 162 Å². The fourth-order valence-corrected chi connectivity index (χ4v) is 3.08. The fraction of sp³-hybridized carbons (Fsp3) is 0.333. The molecule has 0 radical (unpaired) electrons. The molecule has 1 heterocycles. The SMILES string of the molecule is O=C(O)c1ccc(C(=O)NCCc2ccc(CN3CCOCC3)cc2)c(F)c1. The van der Waals surface area contributed by atoms with Crippen LogP contribution in [0.5, 0.6) is 0 Å². The number of carbonyl (C=O) groups excluding carboxylic acids is 1. The normalized spacial score (nSPS) is 14.6. The molecule has 0 atom stereocenters.